The molecule has 0 unspecified atom stereocenters. The lowest BCUT2D eigenvalue weighted by Crippen LogP contribution is -2.52. The van der Waals surface area contributed by atoms with Crippen molar-refractivity contribution in [1.29, 1.82) is 0 Å². The van der Waals surface area contributed by atoms with E-state index in [0.29, 0.717) is 0 Å². The van der Waals surface area contributed by atoms with E-state index >= 15 is 0 Å². The zero-order chi connectivity index (χ0) is 14.0. The number of hydrogen-bond acceptors (Lipinski definition) is 2. The number of Topliss-reactive ketones (excluding diaryl/α,β-unsaturated/α-hetero) is 1. The molecule has 1 rings (SSSR count). The summed E-state index contributed by atoms with van der Waals surface area (Å²) >= 11 is 0. The fraction of sp³-hybridized carbons (Fsp3) is 0.462. The minimum Gasteiger partial charge on any atom is -0.358 e. The standard InChI is InChI=1S/C13H15F3O2/c1-9(2)11(17)12(18-3,13(14,15)16)10-7-5-4-6-8-10/h4-9H,1-3H3/t12-/m1/s1. The van der Waals surface area contributed by atoms with Gasteiger partial charge >= 0.3 is 6.18 Å². The van der Waals surface area contributed by atoms with Gasteiger partial charge in [-0.2, -0.15) is 13.2 Å². The quantitative estimate of drug-likeness (QED) is 0.830. The molecule has 100 valence electrons. The van der Waals surface area contributed by atoms with Gasteiger partial charge in [-0.3, -0.25) is 4.79 Å². The third kappa shape index (κ3) is 2.27. The SMILES string of the molecule is CO[C@@](C(=O)C(C)C)(c1ccccc1)C(F)(F)F. The van der Waals surface area contributed by atoms with E-state index in [4.69, 9.17) is 0 Å². The Morgan fingerprint density at radius 3 is 2.00 bits per heavy atom. The van der Waals surface area contributed by atoms with Crippen LogP contribution in [0.4, 0.5) is 13.2 Å². The Hall–Kier alpha value is -1.36. The van der Waals surface area contributed by atoms with Crippen LogP contribution < -0.4 is 0 Å². The first-order valence-corrected chi connectivity index (χ1v) is 5.49. The zero-order valence-electron chi connectivity index (χ0n) is 10.4. The van der Waals surface area contributed by atoms with Crippen molar-refractivity contribution in [3.63, 3.8) is 0 Å². The van der Waals surface area contributed by atoms with Gasteiger partial charge in [0.2, 0.25) is 5.60 Å². The maximum absolute atomic E-state index is 13.3. The van der Waals surface area contributed by atoms with Gasteiger partial charge in [-0.15, -0.1) is 0 Å². The molecular formula is C13H15F3O2. The van der Waals surface area contributed by atoms with E-state index in [9.17, 15) is 18.0 Å². The van der Waals surface area contributed by atoms with Crippen LogP contribution in [0.3, 0.4) is 0 Å². The van der Waals surface area contributed by atoms with Crippen LogP contribution in [0, 0.1) is 5.92 Å². The normalized spacial score (nSPS) is 15.5. The summed E-state index contributed by atoms with van der Waals surface area (Å²) in [5.41, 5.74) is -3.08. The molecule has 0 saturated carbocycles. The van der Waals surface area contributed by atoms with Gasteiger partial charge in [0.05, 0.1) is 0 Å². The number of alkyl halides is 3. The minimum atomic E-state index is -4.80. The van der Waals surface area contributed by atoms with Gasteiger partial charge < -0.3 is 4.74 Å². The molecule has 0 fully saturated rings. The molecule has 0 heterocycles. The highest BCUT2D eigenvalue weighted by Crippen LogP contribution is 2.44. The van der Waals surface area contributed by atoms with E-state index in [1.807, 2.05) is 0 Å². The Morgan fingerprint density at radius 1 is 1.17 bits per heavy atom. The van der Waals surface area contributed by atoms with E-state index in [2.05, 4.69) is 4.74 Å². The third-order valence-electron chi connectivity index (χ3n) is 2.76. The Balaban J connectivity index is 3.47. The van der Waals surface area contributed by atoms with Crippen LogP contribution in [0.2, 0.25) is 0 Å². The van der Waals surface area contributed by atoms with E-state index < -0.39 is 23.5 Å². The summed E-state index contributed by atoms with van der Waals surface area (Å²) in [6, 6.07) is 6.97. The van der Waals surface area contributed by atoms with Crippen molar-refractivity contribution in [3.8, 4) is 0 Å². The molecule has 18 heavy (non-hydrogen) atoms. The van der Waals surface area contributed by atoms with Crippen LogP contribution in [0.5, 0.6) is 0 Å². The molecule has 0 saturated heterocycles. The number of halogens is 3. The molecule has 0 bridgehead atoms. The summed E-state index contributed by atoms with van der Waals surface area (Å²) in [6.07, 6.45) is -4.80. The fourth-order valence-corrected chi connectivity index (χ4v) is 1.86. The predicted octanol–water partition coefficient (Wildman–Crippen LogP) is 3.32. The van der Waals surface area contributed by atoms with E-state index in [1.54, 1.807) is 6.07 Å². The number of carbonyl (C=O) groups excluding carboxylic acids is 1. The minimum absolute atomic E-state index is 0.196. The van der Waals surface area contributed by atoms with E-state index in [-0.39, 0.29) is 5.56 Å². The predicted molar refractivity (Wildman–Crippen MR) is 61.0 cm³/mol. The van der Waals surface area contributed by atoms with E-state index in [1.165, 1.54) is 38.1 Å². The first-order chi connectivity index (χ1) is 8.27. The lowest BCUT2D eigenvalue weighted by molar-refractivity contribution is -0.266. The smallest absolute Gasteiger partial charge is 0.358 e. The second kappa shape index (κ2) is 5.10. The molecule has 1 aromatic carbocycles. The monoisotopic (exact) mass is 260 g/mol. The van der Waals surface area contributed by atoms with Gasteiger partial charge in [-0.25, -0.2) is 0 Å². The zero-order valence-corrected chi connectivity index (χ0v) is 10.4. The number of ketones is 1. The molecule has 0 aliphatic rings. The van der Waals surface area contributed by atoms with Crippen LogP contribution in [0.15, 0.2) is 30.3 Å². The lowest BCUT2D eigenvalue weighted by atomic mass is 9.83. The maximum Gasteiger partial charge on any atom is 0.428 e. The maximum atomic E-state index is 13.3. The Kier molecular flexibility index (Phi) is 4.16. The van der Waals surface area contributed by atoms with Crippen molar-refractivity contribution in [2.75, 3.05) is 7.11 Å². The van der Waals surface area contributed by atoms with Crippen molar-refractivity contribution in [2.45, 2.75) is 25.6 Å². The molecule has 0 radical (unpaired) electrons. The van der Waals surface area contributed by atoms with Crippen molar-refractivity contribution < 1.29 is 22.7 Å². The van der Waals surface area contributed by atoms with Gasteiger partial charge in [0, 0.05) is 18.6 Å². The van der Waals surface area contributed by atoms with Crippen LogP contribution in [-0.4, -0.2) is 19.1 Å². The van der Waals surface area contributed by atoms with Crippen molar-refractivity contribution in [3.05, 3.63) is 35.9 Å². The van der Waals surface area contributed by atoms with Crippen molar-refractivity contribution in [1.82, 2.24) is 0 Å². The van der Waals surface area contributed by atoms with Gasteiger partial charge in [0.1, 0.15) is 0 Å². The molecule has 1 atom stereocenters. The molecule has 0 aromatic heterocycles. The van der Waals surface area contributed by atoms with Crippen molar-refractivity contribution in [2.24, 2.45) is 5.92 Å². The second-order valence-corrected chi connectivity index (χ2v) is 4.27. The molecule has 1 aromatic rings. The summed E-state index contributed by atoms with van der Waals surface area (Å²) in [5, 5.41) is 0. The molecule has 5 heteroatoms. The Morgan fingerprint density at radius 2 is 1.67 bits per heavy atom. The summed E-state index contributed by atoms with van der Waals surface area (Å²) < 4.78 is 44.6. The van der Waals surface area contributed by atoms with Gasteiger partial charge in [-0.05, 0) is 0 Å². The Bertz CT molecular complexity index is 412. The van der Waals surface area contributed by atoms with Gasteiger partial charge in [0.15, 0.2) is 5.78 Å². The average molecular weight is 260 g/mol. The second-order valence-electron chi connectivity index (χ2n) is 4.27. The molecule has 0 aliphatic heterocycles. The topological polar surface area (TPSA) is 26.3 Å². The first kappa shape index (κ1) is 14.7. The van der Waals surface area contributed by atoms with Gasteiger partial charge in [-0.1, -0.05) is 44.2 Å². The molecule has 0 spiro atoms. The molecule has 0 aliphatic carbocycles. The number of ether oxygens (including phenoxy) is 1. The summed E-state index contributed by atoms with van der Waals surface area (Å²) in [6.45, 7) is 2.84. The molecular weight excluding hydrogens is 245 g/mol. The summed E-state index contributed by atoms with van der Waals surface area (Å²) in [5.74, 6) is -1.78. The highest BCUT2D eigenvalue weighted by Gasteiger charge is 2.62. The van der Waals surface area contributed by atoms with Crippen LogP contribution >= 0.6 is 0 Å². The number of benzene rings is 1. The molecule has 2 nitrogen and oxygen atoms in total. The molecule has 0 N–H and O–H groups in total. The molecule has 0 amide bonds. The van der Waals surface area contributed by atoms with Crippen LogP contribution in [-0.2, 0) is 15.1 Å². The average Bonchev–Trinajstić information content (AvgIpc) is 2.30. The number of rotatable bonds is 4. The number of carbonyl (C=O) groups is 1. The summed E-state index contributed by atoms with van der Waals surface area (Å²) in [4.78, 5) is 12.0. The first-order valence-electron chi connectivity index (χ1n) is 5.49. The lowest BCUT2D eigenvalue weighted by Gasteiger charge is -2.34. The Labute approximate surface area is 104 Å². The fourth-order valence-electron chi connectivity index (χ4n) is 1.86. The number of methoxy groups -OCH3 is 1. The van der Waals surface area contributed by atoms with Crippen molar-refractivity contribution >= 4 is 5.78 Å². The van der Waals surface area contributed by atoms with Crippen LogP contribution in [0.25, 0.3) is 0 Å². The van der Waals surface area contributed by atoms with Crippen LogP contribution in [0.1, 0.15) is 19.4 Å². The highest BCUT2D eigenvalue weighted by atomic mass is 19.4. The highest BCUT2D eigenvalue weighted by molar-refractivity contribution is 5.91. The third-order valence-corrected chi connectivity index (χ3v) is 2.76. The summed E-state index contributed by atoms with van der Waals surface area (Å²) in [7, 11) is 0.904. The number of hydrogen-bond donors (Lipinski definition) is 0. The largest absolute Gasteiger partial charge is 0.428 e. The van der Waals surface area contributed by atoms with E-state index in [0.717, 1.165) is 7.11 Å². The van der Waals surface area contributed by atoms with Gasteiger partial charge in [0.25, 0.3) is 0 Å².